The lowest BCUT2D eigenvalue weighted by atomic mass is 9.89. The van der Waals surface area contributed by atoms with Crippen molar-refractivity contribution in [2.24, 2.45) is 0 Å². The molecule has 5 nitrogen and oxygen atoms in total. The highest BCUT2D eigenvalue weighted by Crippen LogP contribution is 2.27. The van der Waals surface area contributed by atoms with E-state index in [-0.39, 0.29) is 12.1 Å². The van der Waals surface area contributed by atoms with Gasteiger partial charge in [0.15, 0.2) is 0 Å². The summed E-state index contributed by atoms with van der Waals surface area (Å²) in [5.41, 5.74) is 1.50. The van der Waals surface area contributed by atoms with E-state index in [1.807, 2.05) is 6.07 Å². The van der Waals surface area contributed by atoms with E-state index in [0.717, 1.165) is 0 Å². The lowest BCUT2D eigenvalue weighted by Crippen LogP contribution is -2.05. The average Bonchev–Trinajstić information content (AvgIpc) is 2.52. The minimum Gasteiger partial charge on any atom is -0.258 e. The number of benzene rings is 2. The Morgan fingerprint density at radius 2 is 1.76 bits per heavy atom. The predicted octanol–water partition coefficient (Wildman–Crippen LogP) is 3.32. The van der Waals surface area contributed by atoms with Gasteiger partial charge in [0, 0.05) is 11.6 Å². The third-order valence-corrected chi connectivity index (χ3v) is 3.22. The van der Waals surface area contributed by atoms with E-state index in [1.165, 1.54) is 6.07 Å². The van der Waals surface area contributed by atoms with Crippen molar-refractivity contribution >= 4 is 5.69 Å². The van der Waals surface area contributed by atoms with Crippen molar-refractivity contribution in [3.8, 4) is 12.1 Å². The number of nitriles is 2. The highest BCUT2D eigenvalue weighted by atomic mass is 16.6. The number of hydrogen-bond donors (Lipinski definition) is 0. The van der Waals surface area contributed by atoms with Crippen LogP contribution in [0.2, 0.25) is 0 Å². The van der Waals surface area contributed by atoms with Crippen LogP contribution in [-0.4, -0.2) is 4.92 Å². The maximum atomic E-state index is 11.0. The van der Waals surface area contributed by atoms with Crippen molar-refractivity contribution < 1.29 is 4.92 Å². The first-order valence-corrected chi connectivity index (χ1v) is 6.28. The minimum atomic E-state index is -0.595. The van der Waals surface area contributed by atoms with E-state index >= 15 is 0 Å². The molecule has 0 saturated carbocycles. The second kappa shape index (κ2) is 6.31. The van der Waals surface area contributed by atoms with Crippen LogP contribution in [0.15, 0.2) is 48.5 Å². The van der Waals surface area contributed by atoms with Crippen molar-refractivity contribution in [1.82, 2.24) is 0 Å². The molecule has 0 saturated heterocycles. The van der Waals surface area contributed by atoms with Crippen molar-refractivity contribution in [3.63, 3.8) is 0 Å². The molecule has 0 fully saturated rings. The summed E-state index contributed by atoms with van der Waals surface area (Å²) in [6.07, 6.45) is 0.201. The largest absolute Gasteiger partial charge is 0.272 e. The van der Waals surface area contributed by atoms with Crippen LogP contribution in [0.4, 0.5) is 5.69 Å². The molecule has 0 aliphatic heterocycles. The van der Waals surface area contributed by atoms with Crippen molar-refractivity contribution in [3.05, 3.63) is 75.3 Å². The van der Waals surface area contributed by atoms with E-state index in [0.29, 0.717) is 16.7 Å². The molecule has 0 radical (unpaired) electrons. The lowest BCUT2D eigenvalue weighted by Gasteiger charge is -2.11. The first-order valence-electron chi connectivity index (χ1n) is 6.28. The zero-order chi connectivity index (χ0) is 15.2. The normalized spacial score (nSPS) is 11.1. The molecule has 0 amide bonds. The fourth-order valence-corrected chi connectivity index (χ4v) is 2.21. The Balaban J connectivity index is 2.40. The summed E-state index contributed by atoms with van der Waals surface area (Å²) in [6, 6.07) is 17.3. The molecule has 21 heavy (non-hydrogen) atoms. The first kappa shape index (κ1) is 14.2. The van der Waals surface area contributed by atoms with Crippen LogP contribution >= 0.6 is 0 Å². The molecule has 1 atom stereocenters. The van der Waals surface area contributed by atoms with Gasteiger partial charge in [0.2, 0.25) is 0 Å². The molecule has 0 bridgehead atoms. The van der Waals surface area contributed by atoms with Gasteiger partial charge >= 0.3 is 0 Å². The Bertz CT molecular complexity index is 757. The van der Waals surface area contributed by atoms with Gasteiger partial charge in [-0.2, -0.15) is 10.5 Å². The van der Waals surface area contributed by atoms with Gasteiger partial charge in [-0.05, 0) is 18.1 Å². The molecular formula is C16H11N3O2. The van der Waals surface area contributed by atoms with E-state index in [2.05, 4.69) is 6.07 Å². The van der Waals surface area contributed by atoms with Gasteiger partial charge in [-0.3, -0.25) is 10.1 Å². The standard InChI is InChI=1S/C16H11N3O2/c17-10-13-6-1-3-7-15(13)14(11-18)9-12-5-2-4-8-16(12)19(20)21/h1-8,14H,9H2. The van der Waals surface area contributed by atoms with Crippen LogP contribution in [0, 0.1) is 32.8 Å². The van der Waals surface area contributed by atoms with Crippen molar-refractivity contribution in [2.75, 3.05) is 0 Å². The number of nitro groups is 1. The highest BCUT2D eigenvalue weighted by Gasteiger charge is 2.20. The highest BCUT2D eigenvalue weighted by molar-refractivity contribution is 5.46. The molecule has 0 aliphatic carbocycles. The topological polar surface area (TPSA) is 90.7 Å². The molecule has 0 spiro atoms. The maximum absolute atomic E-state index is 11.0. The van der Waals surface area contributed by atoms with Gasteiger partial charge in [0.25, 0.3) is 5.69 Å². The molecular weight excluding hydrogens is 266 g/mol. The molecule has 2 rings (SSSR count). The summed E-state index contributed by atoms with van der Waals surface area (Å²) in [5.74, 6) is -0.595. The van der Waals surface area contributed by atoms with Crippen LogP contribution in [0.25, 0.3) is 0 Å². The van der Waals surface area contributed by atoms with E-state index < -0.39 is 10.8 Å². The zero-order valence-corrected chi connectivity index (χ0v) is 11.1. The number of hydrogen-bond acceptors (Lipinski definition) is 4. The molecule has 2 aromatic carbocycles. The molecule has 1 unspecified atom stereocenters. The van der Waals surface area contributed by atoms with E-state index in [4.69, 9.17) is 5.26 Å². The van der Waals surface area contributed by atoms with Gasteiger partial charge in [-0.15, -0.1) is 0 Å². The molecule has 0 N–H and O–H groups in total. The van der Waals surface area contributed by atoms with Crippen molar-refractivity contribution in [2.45, 2.75) is 12.3 Å². The SMILES string of the molecule is N#Cc1ccccc1C(C#N)Cc1ccccc1[N+](=O)[O-]. The quantitative estimate of drug-likeness (QED) is 0.633. The monoisotopic (exact) mass is 277 g/mol. The number of nitro benzene ring substituents is 1. The number of nitrogens with zero attached hydrogens (tertiary/aromatic N) is 3. The van der Waals surface area contributed by atoms with Crippen LogP contribution in [-0.2, 0) is 6.42 Å². The first-order chi connectivity index (χ1) is 10.2. The molecule has 2 aromatic rings. The van der Waals surface area contributed by atoms with Crippen LogP contribution < -0.4 is 0 Å². The van der Waals surface area contributed by atoms with Gasteiger partial charge in [0.1, 0.15) is 0 Å². The molecule has 0 heterocycles. The second-order valence-corrected chi connectivity index (χ2v) is 4.47. The molecule has 5 heteroatoms. The Kier molecular flexibility index (Phi) is 4.28. The van der Waals surface area contributed by atoms with Gasteiger partial charge < -0.3 is 0 Å². The summed E-state index contributed by atoms with van der Waals surface area (Å²) in [7, 11) is 0. The third-order valence-electron chi connectivity index (χ3n) is 3.22. The average molecular weight is 277 g/mol. The van der Waals surface area contributed by atoms with E-state index in [1.54, 1.807) is 42.5 Å². The summed E-state index contributed by atoms with van der Waals surface area (Å²) < 4.78 is 0. The molecule has 0 aliphatic rings. The molecule has 0 aromatic heterocycles. The second-order valence-electron chi connectivity index (χ2n) is 4.47. The summed E-state index contributed by atoms with van der Waals surface area (Å²) in [4.78, 5) is 10.6. The van der Waals surface area contributed by atoms with Crippen LogP contribution in [0.5, 0.6) is 0 Å². The Morgan fingerprint density at radius 3 is 2.43 bits per heavy atom. The third kappa shape index (κ3) is 3.05. The summed E-state index contributed by atoms with van der Waals surface area (Å²) in [5, 5.41) is 29.5. The smallest absolute Gasteiger partial charge is 0.258 e. The van der Waals surface area contributed by atoms with Crippen molar-refractivity contribution in [1.29, 1.82) is 10.5 Å². The van der Waals surface area contributed by atoms with Gasteiger partial charge in [-0.1, -0.05) is 36.4 Å². The maximum Gasteiger partial charge on any atom is 0.272 e. The Labute approximate surface area is 121 Å². The fourth-order valence-electron chi connectivity index (χ4n) is 2.21. The summed E-state index contributed by atoms with van der Waals surface area (Å²) >= 11 is 0. The molecule has 102 valence electrons. The van der Waals surface area contributed by atoms with Crippen LogP contribution in [0.1, 0.15) is 22.6 Å². The minimum absolute atomic E-state index is 0.00723. The zero-order valence-electron chi connectivity index (χ0n) is 11.1. The number of para-hydroxylation sites is 1. The van der Waals surface area contributed by atoms with E-state index in [9.17, 15) is 15.4 Å². The van der Waals surface area contributed by atoms with Crippen LogP contribution in [0.3, 0.4) is 0 Å². The Hall–Kier alpha value is -3.18. The number of rotatable bonds is 4. The predicted molar refractivity (Wildman–Crippen MR) is 76.3 cm³/mol. The lowest BCUT2D eigenvalue weighted by molar-refractivity contribution is -0.385. The fraction of sp³-hybridized carbons (Fsp3) is 0.125. The Morgan fingerprint density at radius 1 is 1.10 bits per heavy atom. The summed E-state index contributed by atoms with van der Waals surface area (Å²) in [6.45, 7) is 0. The van der Waals surface area contributed by atoms with Gasteiger partial charge in [0.05, 0.1) is 28.5 Å². The van der Waals surface area contributed by atoms with Gasteiger partial charge in [-0.25, -0.2) is 0 Å².